The van der Waals surface area contributed by atoms with Crippen molar-refractivity contribution in [2.45, 2.75) is 32.7 Å². The molecule has 3 heterocycles. The number of hydrogen-bond acceptors (Lipinski definition) is 4. The molecule has 1 saturated carbocycles. The number of halogens is 1. The van der Waals surface area contributed by atoms with Crippen molar-refractivity contribution < 1.29 is 9.18 Å². The molecule has 0 amide bonds. The molecule has 0 atom stereocenters. The molecule has 0 aliphatic heterocycles. The number of ketones is 1. The highest BCUT2D eigenvalue weighted by molar-refractivity contribution is 5.99. The number of H-pyrrole nitrogens is 1. The molecule has 30 heavy (non-hydrogen) atoms. The molecule has 0 bridgehead atoms. The lowest BCUT2D eigenvalue weighted by Gasteiger charge is -2.17. The van der Waals surface area contributed by atoms with Crippen LogP contribution in [0.15, 0.2) is 46.2 Å². The van der Waals surface area contributed by atoms with Gasteiger partial charge in [-0.3, -0.25) is 14.4 Å². The van der Waals surface area contributed by atoms with E-state index in [0.717, 1.165) is 12.8 Å². The monoisotopic (exact) mass is 403 g/mol. The van der Waals surface area contributed by atoms with E-state index in [0.29, 0.717) is 33.2 Å². The van der Waals surface area contributed by atoms with Crippen molar-refractivity contribution in [2.75, 3.05) is 0 Å². The molecule has 0 radical (unpaired) electrons. The van der Waals surface area contributed by atoms with Gasteiger partial charge in [0.1, 0.15) is 11.5 Å². The molecular formula is C23H18FN3O3. The van der Waals surface area contributed by atoms with Crippen LogP contribution in [0.4, 0.5) is 4.39 Å². The van der Waals surface area contributed by atoms with E-state index >= 15 is 4.39 Å². The summed E-state index contributed by atoms with van der Waals surface area (Å²) in [5.41, 5.74) is 1.97. The average Bonchev–Trinajstić information content (AvgIpc) is 3.53. The Labute approximate surface area is 170 Å². The van der Waals surface area contributed by atoms with Crippen LogP contribution >= 0.6 is 0 Å². The maximum atomic E-state index is 15.3. The molecular weight excluding hydrogens is 385 g/mol. The number of fused-ring (bicyclic) bond motifs is 2. The fourth-order valence-electron chi connectivity index (χ4n) is 4.10. The van der Waals surface area contributed by atoms with Gasteiger partial charge in [-0.2, -0.15) is 0 Å². The van der Waals surface area contributed by atoms with Crippen LogP contribution in [0.25, 0.3) is 33.1 Å². The predicted octanol–water partition coefficient (Wildman–Crippen LogP) is 3.89. The molecule has 0 saturated heterocycles. The lowest BCUT2D eigenvalue weighted by molar-refractivity contribution is 0.101. The third kappa shape index (κ3) is 2.77. The smallest absolute Gasteiger partial charge is 0.249 e. The lowest BCUT2D eigenvalue weighted by Crippen LogP contribution is -2.18. The first kappa shape index (κ1) is 18.4. The summed E-state index contributed by atoms with van der Waals surface area (Å²) in [5, 5.41) is 0.893. The molecule has 4 aromatic rings. The zero-order valence-corrected chi connectivity index (χ0v) is 16.5. The molecule has 1 aliphatic rings. The van der Waals surface area contributed by atoms with Crippen LogP contribution in [-0.2, 0) is 0 Å². The number of benzene rings is 1. The normalized spacial score (nSPS) is 13.8. The third-order valence-corrected chi connectivity index (χ3v) is 5.69. The Morgan fingerprint density at radius 3 is 2.70 bits per heavy atom. The molecule has 6 nitrogen and oxygen atoms in total. The second kappa shape index (κ2) is 6.45. The number of carbonyl (C=O) groups is 1. The van der Waals surface area contributed by atoms with Gasteiger partial charge in [0, 0.05) is 46.4 Å². The molecule has 3 aromatic heterocycles. The number of carbonyl (C=O) groups excluding carboxylic acids is 1. The largest absolute Gasteiger partial charge is 0.343 e. The van der Waals surface area contributed by atoms with Gasteiger partial charge < -0.3 is 9.55 Å². The van der Waals surface area contributed by atoms with E-state index in [1.807, 2.05) is 4.57 Å². The van der Waals surface area contributed by atoms with Gasteiger partial charge in [-0.15, -0.1) is 0 Å². The van der Waals surface area contributed by atoms with Crippen molar-refractivity contribution in [3.05, 3.63) is 74.2 Å². The van der Waals surface area contributed by atoms with Crippen molar-refractivity contribution in [1.29, 1.82) is 0 Å². The zero-order valence-electron chi connectivity index (χ0n) is 16.5. The van der Waals surface area contributed by atoms with Crippen molar-refractivity contribution in [3.8, 4) is 11.1 Å². The number of aryl methyl sites for hydroxylation is 1. The number of pyridine rings is 3. The molecule has 5 rings (SSSR count). The predicted molar refractivity (Wildman–Crippen MR) is 113 cm³/mol. The summed E-state index contributed by atoms with van der Waals surface area (Å²) >= 11 is 0. The van der Waals surface area contributed by atoms with Gasteiger partial charge in [0.15, 0.2) is 11.2 Å². The van der Waals surface area contributed by atoms with Crippen LogP contribution in [-0.4, -0.2) is 20.3 Å². The maximum absolute atomic E-state index is 15.3. The first-order valence-corrected chi connectivity index (χ1v) is 9.73. The maximum Gasteiger partial charge on any atom is 0.249 e. The second-order valence-electron chi connectivity index (χ2n) is 7.81. The lowest BCUT2D eigenvalue weighted by atomic mass is 9.96. The first-order chi connectivity index (χ1) is 14.3. The third-order valence-electron chi connectivity index (χ3n) is 5.69. The molecule has 0 unspecified atom stereocenters. The van der Waals surface area contributed by atoms with Gasteiger partial charge in [-0.25, -0.2) is 9.37 Å². The second-order valence-corrected chi connectivity index (χ2v) is 7.81. The van der Waals surface area contributed by atoms with E-state index < -0.39 is 11.2 Å². The fourth-order valence-corrected chi connectivity index (χ4v) is 4.10. The summed E-state index contributed by atoms with van der Waals surface area (Å²) in [7, 11) is 0. The average molecular weight is 403 g/mol. The Bertz CT molecular complexity index is 1500. The van der Waals surface area contributed by atoms with E-state index in [2.05, 4.69) is 9.97 Å². The Hall–Kier alpha value is -3.61. The van der Waals surface area contributed by atoms with E-state index in [1.54, 1.807) is 25.3 Å². The van der Waals surface area contributed by atoms with E-state index in [9.17, 15) is 14.4 Å². The fraction of sp³-hybridized carbons (Fsp3) is 0.217. The highest BCUT2D eigenvalue weighted by Gasteiger charge is 2.28. The quantitative estimate of drug-likeness (QED) is 0.526. The van der Waals surface area contributed by atoms with Crippen molar-refractivity contribution in [3.63, 3.8) is 0 Å². The van der Waals surface area contributed by atoms with Gasteiger partial charge >= 0.3 is 0 Å². The van der Waals surface area contributed by atoms with E-state index in [4.69, 9.17) is 0 Å². The minimum atomic E-state index is -0.550. The van der Waals surface area contributed by atoms with Crippen molar-refractivity contribution in [2.24, 2.45) is 0 Å². The Morgan fingerprint density at radius 1 is 1.23 bits per heavy atom. The van der Waals surface area contributed by atoms with Crippen LogP contribution in [0, 0.1) is 12.7 Å². The van der Waals surface area contributed by atoms with E-state index in [-0.39, 0.29) is 28.3 Å². The van der Waals surface area contributed by atoms with Crippen LogP contribution in [0.2, 0.25) is 0 Å². The highest BCUT2D eigenvalue weighted by Crippen LogP contribution is 2.40. The highest BCUT2D eigenvalue weighted by atomic mass is 19.1. The van der Waals surface area contributed by atoms with Crippen LogP contribution < -0.4 is 11.0 Å². The summed E-state index contributed by atoms with van der Waals surface area (Å²) in [6.07, 6.45) is 5.03. The standard InChI is InChI=1S/C23H18FN3O3/c1-11-20(14-7-13-3-6-19(29)26-23(13)25-9-14)18(24)8-16-21(11)27(15-4-5-15)10-17(12(2)28)22(16)30/h3,6-10,15H,4-5H2,1-2H3,(H,25,26,29). The summed E-state index contributed by atoms with van der Waals surface area (Å²) in [6.45, 7) is 3.13. The topological polar surface area (TPSA) is 84.8 Å². The molecule has 150 valence electrons. The number of hydrogen-bond donors (Lipinski definition) is 1. The van der Waals surface area contributed by atoms with Crippen molar-refractivity contribution >= 4 is 27.7 Å². The Kier molecular flexibility index (Phi) is 3.96. The molecule has 1 aliphatic carbocycles. The van der Waals surface area contributed by atoms with Gasteiger partial charge in [0.05, 0.1) is 11.1 Å². The Morgan fingerprint density at radius 2 is 2.00 bits per heavy atom. The zero-order chi connectivity index (χ0) is 21.2. The number of nitrogens with zero attached hydrogens (tertiary/aromatic N) is 2. The number of aromatic amines is 1. The molecule has 0 spiro atoms. The molecule has 1 aromatic carbocycles. The summed E-state index contributed by atoms with van der Waals surface area (Å²) in [4.78, 5) is 43.3. The summed E-state index contributed by atoms with van der Waals surface area (Å²) in [6, 6.07) is 6.22. The number of rotatable bonds is 3. The number of aromatic nitrogens is 3. The minimum absolute atomic E-state index is 0.0808. The SMILES string of the molecule is CC(=O)c1cn(C2CC2)c2c(C)c(-c3cnc4[nH]c(=O)ccc4c3)c(F)cc2c1=O. The Balaban J connectivity index is 1.84. The van der Waals surface area contributed by atoms with Gasteiger partial charge in [-0.05, 0) is 50.5 Å². The molecule has 1 N–H and O–H groups in total. The van der Waals surface area contributed by atoms with E-state index in [1.165, 1.54) is 25.3 Å². The van der Waals surface area contributed by atoms with Gasteiger partial charge in [-0.1, -0.05) is 0 Å². The van der Waals surface area contributed by atoms with Gasteiger partial charge in [0.2, 0.25) is 5.56 Å². The number of Topliss-reactive ketones (excluding diaryl/α,β-unsaturated/α-hetero) is 1. The summed E-state index contributed by atoms with van der Waals surface area (Å²) in [5.74, 6) is -0.878. The number of nitrogens with one attached hydrogen (secondary N) is 1. The molecule has 7 heteroatoms. The van der Waals surface area contributed by atoms with Crippen LogP contribution in [0.1, 0.15) is 41.7 Å². The first-order valence-electron chi connectivity index (χ1n) is 9.73. The van der Waals surface area contributed by atoms with Crippen molar-refractivity contribution in [1.82, 2.24) is 14.5 Å². The van der Waals surface area contributed by atoms with Gasteiger partial charge in [0.25, 0.3) is 0 Å². The van der Waals surface area contributed by atoms with Crippen LogP contribution in [0.3, 0.4) is 0 Å². The van der Waals surface area contributed by atoms with Crippen LogP contribution in [0.5, 0.6) is 0 Å². The minimum Gasteiger partial charge on any atom is -0.343 e. The summed E-state index contributed by atoms with van der Waals surface area (Å²) < 4.78 is 17.2. The molecule has 1 fully saturated rings.